The molecule has 0 aromatic carbocycles. The van der Waals surface area contributed by atoms with E-state index in [2.05, 4.69) is 15.0 Å². The van der Waals surface area contributed by atoms with Crippen molar-refractivity contribution in [1.29, 1.82) is 0 Å². The fourth-order valence-electron chi connectivity index (χ4n) is 1.04. The molecule has 0 fully saturated rings. The van der Waals surface area contributed by atoms with E-state index < -0.39 is 5.97 Å². The Morgan fingerprint density at radius 2 is 1.93 bits per heavy atom. The van der Waals surface area contributed by atoms with Crippen LogP contribution in [0.3, 0.4) is 0 Å². The van der Waals surface area contributed by atoms with E-state index in [1.165, 1.54) is 0 Å². The monoisotopic (exact) mass is 202 g/mol. The van der Waals surface area contributed by atoms with E-state index in [1.807, 2.05) is 6.07 Å². The number of carboxylic acid groups (broad SMARTS) is 1. The molecule has 2 aromatic heterocycles. The van der Waals surface area contributed by atoms with Crippen molar-refractivity contribution < 1.29 is 14.5 Å². The Labute approximate surface area is 84.9 Å². The van der Waals surface area contributed by atoms with Crippen molar-refractivity contribution in [3.05, 3.63) is 42.7 Å². The summed E-state index contributed by atoms with van der Waals surface area (Å²) >= 11 is 0. The van der Waals surface area contributed by atoms with Crippen LogP contribution in [0.5, 0.6) is 0 Å². The van der Waals surface area contributed by atoms with Crippen LogP contribution < -0.4 is 9.67 Å². The molecule has 0 atom stereocenters. The SMILES string of the molecule is O=C([O-])c1ncnc(-[n+]2ccccc2)n1. The zero-order chi connectivity index (χ0) is 10.7. The summed E-state index contributed by atoms with van der Waals surface area (Å²) in [6.07, 6.45) is 4.54. The van der Waals surface area contributed by atoms with E-state index in [1.54, 1.807) is 29.1 Å². The molecule has 2 rings (SSSR count). The number of rotatable bonds is 2. The van der Waals surface area contributed by atoms with Crippen molar-refractivity contribution in [2.75, 3.05) is 0 Å². The van der Waals surface area contributed by atoms with Crippen molar-refractivity contribution >= 4 is 5.97 Å². The molecule has 0 N–H and O–H groups in total. The van der Waals surface area contributed by atoms with Gasteiger partial charge in [0, 0.05) is 0 Å². The van der Waals surface area contributed by atoms with Crippen LogP contribution in [-0.4, -0.2) is 20.9 Å². The number of hydrogen-bond donors (Lipinski definition) is 0. The average Bonchev–Trinajstić information content (AvgIpc) is 2.30. The van der Waals surface area contributed by atoms with Gasteiger partial charge in [0.15, 0.2) is 6.33 Å². The van der Waals surface area contributed by atoms with Crippen molar-refractivity contribution in [2.24, 2.45) is 0 Å². The molecule has 0 radical (unpaired) electrons. The standard InChI is InChI=1S/C9H6N4O2/c14-8(15)7-10-6-11-9(12-7)13-4-2-1-3-5-13/h1-6H. The van der Waals surface area contributed by atoms with Gasteiger partial charge in [-0.25, -0.2) is 4.57 Å². The number of carbonyl (C=O) groups is 1. The number of nitrogens with zero attached hydrogens (tertiary/aromatic N) is 4. The van der Waals surface area contributed by atoms with E-state index in [0.717, 1.165) is 6.33 Å². The lowest BCUT2D eigenvalue weighted by molar-refractivity contribution is -0.603. The van der Waals surface area contributed by atoms with Crippen LogP contribution in [0.15, 0.2) is 36.9 Å². The summed E-state index contributed by atoms with van der Waals surface area (Å²) in [5.74, 6) is -1.56. The minimum atomic E-state index is -1.42. The predicted molar refractivity (Wildman–Crippen MR) is 45.7 cm³/mol. The number of pyridine rings is 1. The third-order valence-electron chi connectivity index (χ3n) is 1.69. The molecule has 0 bridgehead atoms. The first-order chi connectivity index (χ1) is 7.27. The maximum absolute atomic E-state index is 10.5. The van der Waals surface area contributed by atoms with Crippen LogP contribution in [0.25, 0.3) is 5.95 Å². The molecule has 0 saturated carbocycles. The van der Waals surface area contributed by atoms with Gasteiger partial charge < -0.3 is 9.90 Å². The molecule has 0 unspecified atom stereocenters. The Morgan fingerprint density at radius 1 is 1.20 bits per heavy atom. The lowest BCUT2D eigenvalue weighted by Gasteiger charge is -1.96. The highest BCUT2D eigenvalue weighted by atomic mass is 16.4. The van der Waals surface area contributed by atoms with Gasteiger partial charge in [0.1, 0.15) is 5.97 Å². The zero-order valence-corrected chi connectivity index (χ0v) is 7.57. The van der Waals surface area contributed by atoms with Crippen LogP contribution in [0, 0.1) is 0 Å². The third kappa shape index (κ3) is 1.93. The Balaban J connectivity index is 2.46. The summed E-state index contributed by atoms with van der Waals surface area (Å²) in [4.78, 5) is 21.5. The van der Waals surface area contributed by atoms with Gasteiger partial charge in [0.05, 0.1) is 12.4 Å². The second kappa shape index (κ2) is 3.79. The molecular formula is C9H6N4O2. The van der Waals surface area contributed by atoms with Crippen molar-refractivity contribution in [3.63, 3.8) is 0 Å². The second-order valence-corrected chi connectivity index (χ2v) is 2.68. The Bertz CT molecular complexity index is 486. The highest BCUT2D eigenvalue weighted by Gasteiger charge is 2.12. The van der Waals surface area contributed by atoms with Gasteiger partial charge >= 0.3 is 5.95 Å². The molecule has 6 heteroatoms. The highest BCUT2D eigenvalue weighted by Crippen LogP contribution is 1.89. The van der Waals surface area contributed by atoms with Crippen LogP contribution in [0.4, 0.5) is 0 Å². The predicted octanol–water partition coefficient (Wildman–Crippen LogP) is -1.49. The summed E-state index contributed by atoms with van der Waals surface area (Å²) in [7, 11) is 0. The maximum Gasteiger partial charge on any atom is 0.441 e. The van der Waals surface area contributed by atoms with Gasteiger partial charge in [-0.05, 0) is 17.1 Å². The molecule has 0 amide bonds. The van der Waals surface area contributed by atoms with Gasteiger partial charge in [-0.15, -0.1) is 0 Å². The highest BCUT2D eigenvalue weighted by molar-refractivity contribution is 5.80. The van der Waals surface area contributed by atoms with Gasteiger partial charge in [0.2, 0.25) is 0 Å². The van der Waals surface area contributed by atoms with E-state index in [4.69, 9.17) is 0 Å². The molecule has 6 nitrogen and oxygen atoms in total. The molecule has 74 valence electrons. The average molecular weight is 202 g/mol. The smallest absolute Gasteiger partial charge is 0.441 e. The zero-order valence-electron chi connectivity index (χ0n) is 7.57. The fourth-order valence-corrected chi connectivity index (χ4v) is 1.04. The summed E-state index contributed by atoms with van der Waals surface area (Å²) in [5.41, 5.74) is 0. The second-order valence-electron chi connectivity index (χ2n) is 2.68. The summed E-state index contributed by atoms with van der Waals surface area (Å²) in [6.45, 7) is 0. The molecule has 15 heavy (non-hydrogen) atoms. The summed E-state index contributed by atoms with van der Waals surface area (Å²) < 4.78 is 1.58. The minimum absolute atomic E-state index is 0.241. The van der Waals surface area contributed by atoms with Gasteiger partial charge in [-0.1, -0.05) is 11.1 Å². The lowest BCUT2D eigenvalue weighted by atomic mass is 10.5. The van der Waals surface area contributed by atoms with Crippen molar-refractivity contribution in [1.82, 2.24) is 15.0 Å². The van der Waals surface area contributed by atoms with E-state index in [-0.39, 0.29) is 11.8 Å². The van der Waals surface area contributed by atoms with E-state index >= 15 is 0 Å². The maximum atomic E-state index is 10.5. The molecule has 0 aliphatic rings. The van der Waals surface area contributed by atoms with Gasteiger partial charge in [-0.2, -0.15) is 4.98 Å². The van der Waals surface area contributed by atoms with Crippen LogP contribution >= 0.6 is 0 Å². The molecule has 0 aliphatic heterocycles. The quantitative estimate of drug-likeness (QED) is 0.554. The number of aromatic nitrogens is 4. The van der Waals surface area contributed by atoms with E-state index in [9.17, 15) is 9.90 Å². The first-order valence-electron chi connectivity index (χ1n) is 4.14. The Morgan fingerprint density at radius 3 is 2.60 bits per heavy atom. The molecule has 0 aliphatic carbocycles. The molecule has 2 heterocycles. The Hall–Kier alpha value is -2.37. The van der Waals surface area contributed by atoms with Crippen LogP contribution in [-0.2, 0) is 0 Å². The first-order valence-corrected chi connectivity index (χ1v) is 4.14. The largest absolute Gasteiger partial charge is 0.540 e. The minimum Gasteiger partial charge on any atom is -0.540 e. The first kappa shape index (κ1) is 9.20. The van der Waals surface area contributed by atoms with Gasteiger partial charge in [-0.3, -0.25) is 0 Å². The fraction of sp³-hybridized carbons (Fsp3) is 0. The van der Waals surface area contributed by atoms with E-state index in [0.29, 0.717) is 0 Å². The lowest BCUT2D eigenvalue weighted by Crippen LogP contribution is -2.34. The summed E-state index contributed by atoms with van der Waals surface area (Å²) in [6, 6.07) is 5.39. The molecule has 0 saturated heterocycles. The van der Waals surface area contributed by atoms with Gasteiger partial charge in [0.25, 0.3) is 5.82 Å². The number of carboxylic acids is 1. The number of aromatic carboxylic acids is 1. The van der Waals surface area contributed by atoms with Crippen molar-refractivity contribution in [3.8, 4) is 5.95 Å². The topological polar surface area (TPSA) is 82.7 Å². The third-order valence-corrected chi connectivity index (χ3v) is 1.69. The molecular weight excluding hydrogens is 196 g/mol. The van der Waals surface area contributed by atoms with Crippen LogP contribution in [0.2, 0.25) is 0 Å². The summed E-state index contributed by atoms with van der Waals surface area (Å²) in [5, 5.41) is 10.5. The Kier molecular flexibility index (Phi) is 2.32. The van der Waals surface area contributed by atoms with Crippen LogP contribution in [0.1, 0.15) is 10.6 Å². The number of carbonyl (C=O) groups excluding carboxylic acids is 1. The number of hydrogen-bond acceptors (Lipinski definition) is 5. The normalized spacial score (nSPS) is 9.87. The van der Waals surface area contributed by atoms with Crippen molar-refractivity contribution in [2.45, 2.75) is 0 Å². The molecule has 0 spiro atoms. The molecule has 2 aromatic rings.